The van der Waals surface area contributed by atoms with Crippen LogP contribution < -0.4 is 4.90 Å². The Kier molecular flexibility index (Phi) is 5.15. The van der Waals surface area contributed by atoms with Crippen molar-refractivity contribution >= 4 is 11.6 Å². The monoisotopic (exact) mass is 374 g/mol. The number of anilines is 1. The van der Waals surface area contributed by atoms with Crippen molar-refractivity contribution in [1.29, 1.82) is 0 Å². The van der Waals surface area contributed by atoms with E-state index in [2.05, 4.69) is 42.0 Å². The minimum atomic E-state index is 0.174. The number of aryl methyl sites for hydroxylation is 1. The van der Waals surface area contributed by atoms with Gasteiger partial charge in [-0.3, -0.25) is 4.79 Å². The van der Waals surface area contributed by atoms with Crippen LogP contribution in [0, 0.1) is 13.8 Å². The Hall–Kier alpha value is -3.08. The Morgan fingerprint density at radius 1 is 0.964 bits per heavy atom. The van der Waals surface area contributed by atoms with Crippen LogP contribution in [-0.2, 0) is 11.2 Å². The molecule has 28 heavy (non-hydrogen) atoms. The van der Waals surface area contributed by atoms with Crippen molar-refractivity contribution in [3.63, 3.8) is 0 Å². The molecule has 1 fully saturated rings. The van der Waals surface area contributed by atoms with Gasteiger partial charge >= 0.3 is 0 Å². The van der Waals surface area contributed by atoms with Crippen LogP contribution in [0.4, 0.5) is 5.69 Å². The Morgan fingerprint density at radius 2 is 1.71 bits per heavy atom. The summed E-state index contributed by atoms with van der Waals surface area (Å²) < 4.78 is 1.82. The van der Waals surface area contributed by atoms with E-state index in [0.29, 0.717) is 6.42 Å². The summed E-state index contributed by atoms with van der Waals surface area (Å²) in [7, 11) is 0. The quantitative estimate of drug-likeness (QED) is 0.703. The van der Waals surface area contributed by atoms with E-state index in [1.165, 1.54) is 16.8 Å². The van der Waals surface area contributed by atoms with Gasteiger partial charge in [0.1, 0.15) is 0 Å². The van der Waals surface area contributed by atoms with Crippen LogP contribution in [0.5, 0.6) is 0 Å². The summed E-state index contributed by atoms with van der Waals surface area (Å²) in [5.41, 5.74) is 5.88. The van der Waals surface area contributed by atoms with Crippen molar-refractivity contribution in [3.05, 3.63) is 77.6 Å². The van der Waals surface area contributed by atoms with Gasteiger partial charge in [0.2, 0.25) is 5.91 Å². The third-order valence-electron chi connectivity index (χ3n) is 5.56. The molecule has 5 nitrogen and oxygen atoms in total. The molecule has 2 heterocycles. The molecule has 4 rings (SSSR count). The van der Waals surface area contributed by atoms with Gasteiger partial charge in [-0.15, -0.1) is 0 Å². The van der Waals surface area contributed by atoms with Crippen LogP contribution in [0.3, 0.4) is 0 Å². The maximum absolute atomic E-state index is 12.7. The minimum absolute atomic E-state index is 0.174. The lowest BCUT2D eigenvalue weighted by Gasteiger charge is -2.37. The fourth-order valence-corrected chi connectivity index (χ4v) is 3.73. The zero-order valence-electron chi connectivity index (χ0n) is 16.5. The van der Waals surface area contributed by atoms with Gasteiger partial charge in [-0.05, 0) is 48.7 Å². The smallest absolute Gasteiger partial charge is 0.227 e. The Labute approximate surface area is 166 Å². The summed E-state index contributed by atoms with van der Waals surface area (Å²) in [5.74, 6) is 0.174. The number of nitrogens with zero attached hydrogens (tertiary/aromatic N) is 4. The first kappa shape index (κ1) is 18.3. The van der Waals surface area contributed by atoms with E-state index >= 15 is 0 Å². The third kappa shape index (κ3) is 3.79. The normalized spacial score (nSPS) is 14.4. The number of piperazine rings is 1. The molecule has 0 atom stereocenters. The highest BCUT2D eigenvalue weighted by Crippen LogP contribution is 2.24. The summed E-state index contributed by atoms with van der Waals surface area (Å²) in [4.78, 5) is 17.1. The molecule has 5 heteroatoms. The highest BCUT2D eigenvalue weighted by Gasteiger charge is 2.22. The summed E-state index contributed by atoms with van der Waals surface area (Å²) in [6.45, 7) is 7.59. The Balaban J connectivity index is 1.36. The van der Waals surface area contributed by atoms with E-state index in [0.717, 1.165) is 37.4 Å². The lowest BCUT2D eigenvalue weighted by molar-refractivity contribution is -0.130. The van der Waals surface area contributed by atoms with Crippen LogP contribution in [0.1, 0.15) is 16.7 Å². The van der Waals surface area contributed by atoms with Crippen LogP contribution in [0.2, 0.25) is 0 Å². The molecule has 0 aliphatic carbocycles. The Bertz CT molecular complexity index is 956. The van der Waals surface area contributed by atoms with Crippen molar-refractivity contribution < 1.29 is 4.79 Å². The fraction of sp³-hybridized carbons (Fsp3) is 0.304. The molecule has 0 radical (unpaired) electrons. The number of carbonyl (C=O) groups is 1. The third-order valence-corrected chi connectivity index (χ3v) is 5.56. The van der Waals surface area contributed by atoms with E-state index in [-0.39, 0.29) is 5.91 Å². The van der Waals surface area contributed by atoms with Gasteiger partial charge in [-0.2, -0.15) is 5.10 Å². The maximum Gasteiger partial charge on any atom is 0.227 e. The summed E-state index contributed by atoms with van der Waals surface area (Å²) in [6.07, 6.45) is 4.13. The molecule has 1 aromatic heterocycles. The van der Waals surface area contributed by atoms with Crippen molar-refractivity contribution in [2.24, 2.45) is 0 Å². The summed E-state index contributed by atoms with van der Waals surface area (Å²) >= 11 is 0. The standard InChI is InChI=1S/C23H26N4O/c1-18-7-6-10-22(19(18)2)25-11-13-26(14-12-25)23(28)15-20-16-24-27(17-20)21-8-4-3-5-9-21/h3-10,16-17H,11-15H2,1-2H3. The predicted octanol–water partition coefficient (Wildman–Crippen LogP) is 3.38. The first-order valence-electron chi connectivity index (χ1n) is 9.80. The van der Waals surface area contributed by atoms with Gasteiger partial charge in [0, 0.05) is 38.1 Å². The number of amides is 1. The van der Waals surface area contributed by atoms with Crippen LogP contribution in [0.25, 0.3) is 5.69 Å². The van der Waals surface area contributed by atoms with Gasteiger partial charge in [0.15, 0.2) is 0 Å². The number of rotatable bonds is 4. The first-order valence-corrected chi connectivity index (χ1v) is 9.80. The molecule has 0 saturated carbocycles. The topological polar surface area (TPSA) is 41.4 Å². The minimum Gasteiger partial charge on any atom is -0.368 e. The second-order valence-corrected chi connectivity index (χ2v) is 7.39. The molecule has 144 valence electrons. The number of hydrogen-bond acceptors (Lipinski definition) is 3. The molecule has 1 amide bonds. The average Bonchev–Trinajstić information content (AvgIpc) is 3.19. The molecule has 0 spiro atoms. The van der Waals surface area contributed by atoms with Gasteiger partial charge in [-0.25, -0.2) is 4.68 Å². The van der Waals surface area contributed by atoms with E-state index < -0.39 is 0 Å². The van der Waals surface area contributed by atoms with Crippen LogP contribution in [-0.4, -0.2) is 46.8 Å². The fourth-order valence-electron chi connectivity index (χ4n) is 3.73. The van der Waals surface area contributed by atoms with E-state index in [9.17, 15) is 4.79 Å². The first-order chi connectivity index (χ1) is 13.6. The lowest BCUT2D eigenvalue weighted by atomic mass is 10.1. The molecule has 1 aliphatic heterocycles. The second kappa shape index (κ2) is 7.89. The highest BCUT2D eigenvalue weighted by molar-refractivity contribution is 5.79. The van der Waals surface area contributed by atoms with Gasteiger partial charge < -0.3 is 9.80 Å². The van der Waals surface area contributed by atoms with Gasteiger partial charge in [0.25, 0.3) is 0 Å². The number of aromatic nitrogens is 2. The number of carbonyl (C=O) groups excluding carboxylic acids is 1. The summed E-state index contributed by atoms with van der Waals surface area (Å²) in [5, 5.41) is 4.39. The van der Waals surface area contributed by atoms with Crippen molar-refractivity contribution in [2.45, 2.75) is 20.3 Å². The molecule has 2 aromatic carbocycles. The van der Waals surface area contributed by atoms with E-state index in [1.54, 1.807) is 6.20 Å². The molecular weight excluding hydrogens is 348 g/mol. The molecule has 0 N–H and O–H groups in total. The molecule has 1 saturated heterocycles. The number of hydrogen-bond donors (Lipinski definition) is 0. The van der Waals surface area contributed by atoms with Crippen LogP contribution >= 0.6 is 0 Å². The second-order valence-electron chi connectivity index (χ2n) is 7.39. The van der Waals surface area contributed by atoms with Gasteiger partial charge in [-0.1, -0.05) is 30.3 Å². The van der Waals surface area contributed by atoms with Crippen LogP contribution in [0.15, 0.2) is 60.9 Å². The molecule has 1 aliphatic rings. The zero-order valence-corrected chi connectivity index (χ0v) is 16.5. The number of benzene rings is 2. The zero-order chi connectivity index (χ0) is 19.5. The van der Waals surface area contributed by atoms with Crippen molar-refractivity contribution in [2.75, 3.05) is 31.1 Å². The summed E-state index contributed by atoms with van der Waals surface area (Å²) in [6, 6.07) is 16.4. The largest absolute Gasteiger partial charge is 0.368 e. The highest BCUT2D eigenvalue weighted by atomic mass is 16.2. The SMILES string of the molecule is Cc1cccc(N2CCN(C(=O)Cc3cnn(-c4ccccc4)c3)CC2)c1C. The average molecular weight is 374 g/mol. The molecule has 3 aromatic rings. The number of para-hydroxylation sites is 1. The van der Waals surface area contributed by atoms with Crippen molar-refractivity contribution in [3.8, 4) is 5.69 Å². The molecule has 0 bridgehead atoms. The molecular formula is C23H26N4O. The predicted molar refractivity (Wildman–Crippen MR) is 112 cm³/mol. The van der Waals surface area contributed by atoms with E-state index in [4.69, 9.17) is 0 Å². The van der Waals surface area contributed by atoms with E-state index in [1.807, 2.05) is 46.1 Å². The molecule has 0 unspecified atom stereocenters. The van der Waals surface area contributed by atoms with Gasteiger partial charge in [0.05, 0.1) is 18.3 Å². The lowest BCUT2D eigenvalue weighted by Crippen LogP contribution is -2.49. The Morgan fingerprint density at radius 3 is 2.46 bits per heavy atom. The van der Waals surface area contributed by atoms with Crippen molar-refractivity contribution in [1.82, 2.24) is 14.7 Å². The maximum atomic E-state index is 12.7.